The van der Waals surface area contributed by atoms with Gasteiger partial charge in [0.25, 0.3) is 0 Å². The standard InChI is InChI=1S/C37H34FN7O/c1-45(2)12-13-46-30-16-27(15-29(38)18-30)36-32-19-35(42-33(32)10-11-41-36)37-31-17-26(8-9-34(31)43-44-37)28-14-25(22-40-23-28)21-39-20-24-6-4-3-5-7-24/h3-11,14-19,22-23,39,42H,12-13,20-21H2,1-2H3,(H,43,44). The molecule has 3 aromatic carbocycles. The predicted molar refractivity (Wildman–Crippen MR) is 181 cm³/mol. The molecule has 0 aliphatic carbocycles. The summed E-state index contributed by atoms with van der Waals surface area (Å²) in [6.07, 6.45) is 5.52. The van der Waals surface area contributed by atoms with Gasteiger partial charge < -0.3 is 19.9 Å². The summed E-state index contributed by atoms with van der Waals surface area (Å²) >= 11 is 0. The summed E-state index contributed by atoms with van der Waals surface area (Å²) < 4.78 is 20.5. The summed E-state index contributed by atoms with van der Waals surface area (Å²) in [7, 11) is 3.94. The lowest BCUT2D eigenvalue weighted by atomic mass is 10.0. The summed E-state index contributed by atoms with van der Waals surface area (Å²) in [5, 5.41) is 13.2. The van der Waals surface area contributed by atoms with E-state index in [1.807, 2.05) is 61.7 Å². The number of benzene rings is 3. The second-order valence-corrected chi connectivity index (χ2v) is 11.6. The van der Waals surface area contributed by atoms with Crippen molar-refractivity contribution < 1.29 is 9.13 Å². The molecule has 0 fully saturated rings. The summed E-state index contributed by atoms with van der Waals surface area (Å²) in [5.41, 5.74) is 9.19. The minimum absolute atomic E-state index is 0.372. The van der Waals surface area contributed by atoms with Crippen LogP contribution in [-0.4, -0.2) is 57.3 Å². The molecule has 0 unspecified atom stereocenters. The molecule has 3 N–H and O–H groups in total. The zero-order valence-corrected chi connectivity index (χ0v) is 25.7. The van der Waals surface area contributed by atoms with Crippen LogP contribution >= 0.6 is 0 Å². The summed E-state index contributed by atoms with van der Waals surface area (Å²) in [4.78, 5) is 14.7. The molecule has 0 bridgehead atoms. The Balaban J connectivity index is 1.17. The first-order valence-electron chi connectivity index (χ1n) is 15.2. The Bertz CT molecular complexity index is 2120. The molecular weight excluding hydrogens is 577 g/mol. The maximum Gasteiger partial charge on any atom is 0.127 e. The Morgan fingerprint density at radius 3 is 2.50 bits per heavy atom. The second kappa shape index (κ2) is 12.9. The van der Waals surface area contributed by atoms with E-state index in [2.05, 4.69) is 72.9 Å². The topological polar surface area (TPSA) is 94.8 Å². The number of H-pyrrole nitrogens is 2. The lowest BCUT2D eigenvalue weighted by Gasteiger charge is -2.12. The highest BCUT2D eigenvalue weighted by Crippen LogP contribution is 2.35. The van der Waals surface area contributed by atoms with Gasteiger partial charge in [-0.1, -0.05) is 36.4 Å². The van der Waals surface area contributed by atoms with E-state index < -0.39 is 0 Å². The van der Waals surface area contributed by atoms with Crippen molar-refractivity contribution in [2.75, 3.05) is 27.2 Å². The van der Waals surface area contributed by atoms with Crippen molar-refractivity contribution in [3.05, 3.63) is 120 Å². The van der Waals surface area contributed by atoms with Crippen molar-refractivity contribution >= 4 is 21.8 Å². The normalized spacial score (nSPS) is 11.6. The van der Waals surface area contributed by atoms with Crippen LogP contribution in [0, 0.1) is 5.82 Å². The molecule has 7 rings (SSSR count). The highest BCUT2D eigenvalue weighted by Gasteiger charge is 2.16. The van der Waals surface area contributed by atoms with E-state index in [0.717, 1.165) is 69.5 Å². The van der Waals surface area contributed by atoms with Crippen LogP contribution in [0.3, 0.4) is 0 Å². The molecule has 4 heterocycles. The maximum absolute atomic E-state index is 14.7. The zero-order valence-electron chi connectivity index (χ0n) is 25.7. The van der Waals surface area contributed by atoms with Gasteiger partial charge in [0.05, 0.1) is 16.9 Å². The number of fused-ring (bicyclic) bond motifs is 2. The van der Waals surface area contributed by atoms with Gasteiger partial charge in [-0.25, -0.2) is 4.39 Å². The largest absolute Gasteiger partial charge is 0.492 e. The molecule has 0 amide bonds. The number of likely N-dealkylation sites (N-methyl/N-ethyl adjacent to an activating group) is 1. The number of halogens is 1. The van der Waals surface area contributed by atoms with Gasteiger partial charge in [0.15, 0.2) is 0 Å². The van der Waals surface area contributed by atoms with Crippen molar-refractivity contribution in [2.45, 2.75) is 13.1 Å². The third-order valence-corrected chi connectivity index (χ3v) is 7.95. The Kier molecular flexibility index (Phi) is 8.24. The molecule has 230 valence electrons. The molecule has 46 heavy (non-hydrogen) atoms. The average molecular weight is 612 g/mol. The molecule has 4 aromatic heterocycles. The molecule has 0 atom stereocenters. The predicted octanol–water partition coefficient (Wildman–Crippen LogP) is 7.20. The fraction of sp³-hybridized carbons (Fsp3) is 0.162. The Morgan fingerprint density at radius 1 is 0.783 bits per heavy atom. The summed E-state index contributed by atoms with van der Waals surface area (Å²) in [5.74, 6) is 0.103. The number of aromatic amines is 2. The lowest BCUT2D eigenvalue weighted by Crippen LogP contribution is -2.19. The fourth-order valence-electron chi connectivity index (χ4n) is 5.63. The van der Waals surface area contributed by atoms with E-state index in [9.17, 15) is 4.39 Å². The van der Waals surface area contributed by atoms with Gasteiger partial charge in [0.2, 0.25) is 0 Å². The quantitative estimate of drug-likeness (QED) is 0.143. The molecule has 8 nitrogen and oxygen atoms in total. The number of pyridine rings is 2. The molecule has 0 saturated heterocycles. The number of hydrogen-bond acceptors (Lipinski definition) is 6. The summed E-state index contributed by atoms with van der Waals surface area (Å²) in [6.45, 7) is 2.70. The van der Waals surface area contributed by atoms with Gasteiger partial charge in [-0.15, -0.1) is 0 Å². The lowest BCUT2D eigenvalue weighted by molar-refractivity contribution is 0.260. The smallest absolute Gasteiger partial charge is 0.127 e. The van der Waals surface area contributed by atoms with Crippen LogP contribution in [0.25, 0.3) is 55.6 Å². The molecule has 0 saturated carbocycles. The van der Waals surface area contributed by atoms with E-state index in [0.29, 0.717) is 23.6 Å². The molecule has 0 radical (unpaired) electrons. The average Bonchev–Trinajstić information content (AvgIpc) is 3.69. The Morgan fingerprint density at radius 2 is 1.63 bits per heavy atom. The van der Waals surface area contributed by atoms with Crippen LogP contribution in [0.5, 0.6) is 5.75 Å². The molecular formula is C37H34FN7O. The van der Waals surface area contributed by atoms with Crippen LogP contribution < -0.4 is 10.1 Å². The second-order valence-electron chi connectivity index (χ2n) is 11.6. The summed E-state index contributed by atoms with van der Waals surface area (Å²) in [6, 6.07) is 27.5. The first kappa shape index (κ1) is 29.3. The van der Waals surface area contributed by atoms with E-state index in [1.54, 1.807) is 6.20 Å². The third-order valence-electron chi connectivity index (χ3n) is 7.95. The third kappa shape index (κ3) is 6.37. The van der Waals surface area contributed by atoms with Crippen LogP contribution in [0.4, 0.5) is 4.39 Å². The van der Waals surface area contributed by atoms with E-state index in [4.69, 9.17) is 4.74 Å². The minimum atomic E-state index is -0.372. The van der Waals surface area contributed by atoms with Gasteiger partial charge in [-0.2, -0.15) is 5.10 Å². The first-order chi connectivity index (χ1) is 22.5. The van der Waals surface area contributed by atoms with Gasteiger partial charge in [0, 0.05) is 71.7 Å². The molecule has 0 spiro atoms. The molecule has 0 aliphatic rings. The number of aromatic nitrogens is 5. The van der Waals surface area contributed by atoms with Crippen molar-refractivity contribution in [1.82, 2.24) is 35.4 Å². The number of nitrogens with one attached hydrogen (secondary N) is 3. The maximum atomic E-state index is 14.7. The first-order valence-corrected chi connectivity index (χ1v) is 15.2. The van der Waals surface area contributed by atoms with Gasteiger partial charge in [-0.05, 0) is 73.3 Å². The minimum Gasteiger partial charge on any atom is -0.492 e. The SMILES string of the molecule is CN(C)CCOc1cc(F)cc(-c2nccc3[nH]c(-c4n[nH]c5ccc(-c6cncc(CNCc7ccccc7)c6)cc45)cc23)c1. The highest BCUT2D eigenvalue weighted by molar-refractivity contribution is 6.01. The Hall–Kier alpha value is -5.38. The molecule has 7 aromatic rings. The number of nitrogens with zero attached hydrogens (tertiary/aromatic N) is 4. The number of ether oxygens (including phenoxy) is 1. The van der Waals surface area contributed by atoms with Crippen LogP contribution in [0.15, 0.2) is 104 Å². The zero-order chi connectivity index (χ0) is 31.5. The Labute approximate surface area is 266 Å². The monoisotopic (exact) mass is 611 g/mol. The van der Waals surface area contributed by atoms with Crippen LogP contribution in [0.1, 0.15) is 11.1 Å². The van der Waals surface area contributed by atoms with Crippen molar-refractivity contribution in [1.29, 1.82) is 0 Å². The molecule has 0 aliphatic heterocycles. The van der Waals surface area contributed by atoms with Crippen molar-refractivity contribution in [3.8, 4) is 39.5 Å². The van der Waals surface area contributed by atoms with Gasteiger partial charge in [0.1, 0.15) is 23.9 Å². The van der Waals surface area contributed by atoms with Gasteiger partial charge >= 0.3 is 0 Å². The highest BCUT2D eigenvalue weighted by atomic mass is 19.1. The van der Waals surface area contributed by atoms with Gasteiger partial charge in [-0.3, -0.25) is 15.1 Å². The van der Waals surface area contributed by atoms with E-state index >= 15 is 0 Å². The van der Waals surface area contributed by atoms with Crippen LogP contribution in [0.2, 0.25) is 0 Å². The van der Waals surface area contributed by atoms with Crippen molar-refractivity contribution in [3.63, 3.8) is 0 Å². The van der Waals surface area contributed by atoms with Crippen LogP contribution in [-0.2, 0) is 13.1 Å². The van der Waals surface area contributed by atoms with Crippen molar-refractivity contribution in [2.24, 2.45) is 0 Å². The number of hydrogen-bond donors (Lipinski definition) is 3. The van der Waals surface area contributed by atoms with E-state index in [-0.39, 0.29) is 5.82 Å². The molecule has 9 heteroatoms. The van der Waals surface area contributed by atoms with E-state index in [1.165, 1.54) is 17.7 Å². The number of rotatable bonds is 11. The fourth-order valence-corrected chi connectivity index (χ4v) is 5.63.